The molecular formula is C18H18F2O4. The number of halogens is 2. The van der Waals surface area contributed by atoms with Gasteiger partial charge < -0.3 is 18.9 Å². The van der Waals surface area contributed by atoms with Gasteiger partial charge in [0.15, 0.2) is 28.9 Å². The number of hydrogen-bond acceptors (Lipinski definition) is 4. The molecule has 0 aliphatic rings. The maximum absolute atomic E-state index is 13.7. The van der Waals surface area contributed by atoms with Gasteiger partial charge in [-0.15, -0.1) is 0 Å². The van der Waals surface area contributed by atoms with E-state index in [2.05, 4.69) is 4.74 Å². The number of methoxy groups -OCH3 is 4. The van der Waals surface area contributed by atoms with Crippen molar-refractivity contribution in [1.29, 1.82) is 0 Å². The van der Waals surface area contributed by atoms with Crippen LogP contribution in [0.1, 0.15) is 11.1 Å². The maximum Gasteiger partial charge on any atom is 0.203 e. The molecule has 128 valence electrons. The second kappa shape index (κ2) is 7.68. The van der Waals surface area contributed by atoms with Crippen molar-refractivity contribution in [2.45, 2.75) is 0 Å². The monoisotopic (exact) mass is 336 g/mol. The maximum atomic E-state index is 13.7. The summed E-state index contributed by atoms with van der Waals surface area (Å²) in [4.78, 5) is 0. The average molecular weight is 336 g/mol. The molecule has 0 N–H and O–H groups in total. The zero-order chi connectivity index (χ0) is 17.7. The predicted octanol–water partition coefficient (Wildman–Crippen LogP) is 4.17. The molecule has 0 unspecified atom stereocenters. The fourth-order valence-corrected chi connectivity index (χ4v) is 2.26. The molecule has 0 saturated heterocycles. The van der Waals surface area contributed by atoms with E-state index in [1.165, 1.54) is 40.6 Å². The molecule has 0 spiro atoms. The molecule has 0 radical (unpaired) electrons. The normalized spacial score (nSPS) is 10.8. The van der Waals surface area contributed by atoms with Gasteiger partial charge in [-0.1, -0.05) is 12.2 Å². The highest BCUT2D eigenvalue weighted by Crippen LogP contribution is 2.38. The highest BCUT2D eigenvalue weighted by atomic mass is 19.1. The molecule has 0 saturated carbocycles. The highest BCUT2D eigenvalue weighted by molar-refractivity contribution is 5.73. The second-order valence-electron chi connectivity index (χ2n) is 4.81. The molecule has 0 aromatic heterocycles. The standard InChI is InChI=1S/C18H18F2O4/c1-21-15-9-12(10-16(22-2)18(15)24-4)6-5-11-7-13(19)17(23-3)14(20)8-11/h5-10H,1-4H3/b6-5-. The number of hydrogen-bond donors (Lipinski definition) is 0. The summed E-state index contributed by atoms with van der Waals surface area (Å²) < 4.78 is 47.9. The molecule has 6 heteroatoms. The lowest BCUT2D eigenvalue weighted by Gasteiger charge is -2.12. The van der Waals surface area contributed by atoms with Crippen molar-refractivity contribution in [3.05, 3.63) is 47.0 Å². The molecule has 0 heterocycles. The van der Waals surface area contributed by atoms with Crippen LogP contribution in [0, 0.1) is 11.6 Å². The van der Waals surface area contributed by atoms with E-state index in [4.69, 9.17) is 14.2 Å². The van der Waals surface area contributed by atoms with Crippen LogP contribution >= 0.6 is 0 Å². The number of benzene rings is 2. The van der Waals surface area contributed by atoms with Crippen molar-refractivity contribution < 1.29 is 27.7 Å². The minimum absolute atomic E-state index is 0.361. The van der Waals surface area contributed by atoms with Crippen molar-refractivity contribution in [2.75, 3.05) is 28.4 Å². The molecule has 0 aliphatic heterocycles. The van der Waals surface area contributed by atoms with Gasteiger partial charge in [-0.05, 0) is 35.4 Å². The van der Waals surface area contributed by atoms with Gasteiger partial charge in [0.05, 0.1) is 28.4 Å². The van der Waals surface area contributed by atoms with Crippen molar-refractivity contribution in [1.82, 2.24) is 0 Å². The minimum Gasteiger partial charge on any atom is -0.493 e. The van der Waals surface area contributed by atoms with Crippen LogP contribution in [0.5, 0.6) is 23.0 Å². The molecule has 24 heavy (non-hydrogen) atoms. The predicted molar refractivity (Wildman–Crippen MR) is 87.9 cm³/mol. The third-order valence-corrected chi connectivity index (χ3v) is 3.38. The Bertz CT molecular complexity index is 709. The van der Waals surface area contributed by atoms with Gasteiger partial charge in [0.2, 0.25) is 5.75 Å². The van der Waals surface area contributed by atoms with E-state index in [0.29, 0.717) is 22.8 Å². The first-order chi connectivity index (χ1) is 11.5. The molecule has 2 aromatic rings. The zero-order valence-corrected chi connectivity index (χ0v) is 13.9. The van der Waals surface area contributed by atoms with Gasteiger partial charge in [0.25, 0.3) is 0 Å². The van der Waals surface area contributed by atoms with E-state index in [9.17, 15) is 8.78 Å². The Morgan fingerprint density at radius 2 is 1.04 bits per heavy atom. The summed E-state index contributed by atoms with van der Waals surface area (Å²) in [6, 6.07) is 5.84. The third kappa shape index (κ3) is 3.59. The number of ether oxygens (including phenoxy) is 4. The van der Waals surface area contributed by atoms with Crippen molar-refractivity contribution in [3.63, 3.8) is 0 Å². The van der Waals surface area contributed by atoms with E-state index in [-0.39, 0.29) is 0 Å². The Hall–Kier alpha value is -2.76. The molecule has 4 nitrogen and oxygen atoms in total. The topological polar surface area (TPSA) is 36.9 Å². The Balaban J connectivity index is 2.39. The van der Waals surface area contributed by atoms with Crippen molar-refractivity contribution in [3.8, 4) is 23.0 Å². The molecule has 0 amide bonds. The molecule has 0 atom stereocenters. The number of rotatable bonds is 6. The van der Waals surface area contributed by atoms with E-state index >= 15 is 0 Å². The third-order valence-electron chi connectivity index (χ3n) is 3.38. The lowest BCUT2D eigenvalue weighted by atomic mass is 10.1. The molecule has 0 fully saturated rings. The van der Waals surface area contributed by atoms with E-state index in [0.717, 1.165) is 5.56 Å². The Morgan fingerprint density at radius 3 is 1.42 bits per heavy atom. The average Bonchev–Trinajstić information content (AvgIpc) is 2.58. The fourth-order valence-electron chi connectivity index (χ4n) is 2.26. The lowest BCUT2D eigenvalue weighted by molar-refractivity contribution is 0.324. The van der Waals surface area contributed by atoms with Gasteiger partial charge in [-0.2, -0.15) is 0 Å². The summed E-state index contributed by atoms with van der Waals surface area (Å²) >= 11 is 0. The van der Waals surface area contributed by atoms with Crippen LogP contribution in [0.4, 0.5) is 8.78 Å². The summed E-state index contributed by atoms with van der Waals surface area (Å²) in [6.07, 6.45) is 3.26. The van der Waals surface area contributed by atoms with Crippen LogP contribution in [-0.4, -0.2) is 28.4 Å². The highest BCUT2D eigenvalue weighted by Gasteiger charge is 2.13. The summed E-state index contributed by atoms with van der Waals surface area (Å²) in [6.45, 7) is 0. The Labute approximate surface area is 139 Å². The SMILES string of the molecule is COc1cc(/C=C\c2cc(F)c(OC)c(F)c2)cc(OC)c1OC. The lowest BCUT2D eigenvalue weighted by Crippen LogP contribution is -1.95. The Morgan fingerprint density at radius 1 is 0.625 bits per heavy atom. The van der Waals surface area contributed by atoms with Crippen LogP contribution in [0.3, 0.4) is 0 Å². The van der Waals surface area contributed by atoms with E-state index in [1.807, 2.05) is 0 Å². The summed E-state index contributed by atoms with van der Waals surface area (Å²) in [5, 5.41) is 0. The van der Waals surface area contributed by atoms with Crippen LogP contribution in [0.2, 0.25) is 0 Å². The molecule has 0 aliphatic carbocycles. The van der Waals surface area contributed by atoms with Crippen LogP contribution in [0.25, 0.3) is 12.2 Å². The molecular weight excluding hydrogens is 318 g/mol. The zero-order valence-electron chi connectivity index (χ0n) is 13.9. The fraction of sp³-hybridized carbons (Fsp3) is 0.222. The summed E-state index contributed by atoms with van der Waals surface area (Å²) in [5.41, 5.74) is 1.08. The molecule has 2 aromatic carbocycles. The largest absolute Gasteiger partial charge is 0.493 e. The van der Waals surface area contributed by atoms with Crippen LogP contribution < -0.4 is 18.9 Å². The van der Waals surface area contributed by atoms with Crippen molar-refractivity contribution in [2.24, 2.45) is 0 Å². The van der Waals surface area contributed by atoms with Gasteiger partial charge in [0, 0.05) is 0 Å². The second-order valence-corrected chi connectivity index (χ2v) is 4.81. The molecule has 2 rings (SSSR count). The first-order valence-corrected chi connectivity index (χ1v) is 7.05. The summed E-state index contributed by atoms with van der Waals surface area (Å²) in [7, 11) is 5.75. The van der Waals surface area contributed by atoms with E-state index < -0.39 is 17.4 Å². The van der Waals surface area contributed by atoms with Crippen LogP contribution in [-0.2, 0) is 0 Å². The van der Waals surface area contributed by atoms with Gasteiger partial charge in [0.1, 0.15) is 0 Å². The molecule has 0 bridgehead atoms. The van der Waals surface area contributed by atoms with Gasteiger partial charge in [-0.25, -0.2) is 8.78 Å². The first-order valence-electron chi connectivity index (χ1n) is 7.05. The van der Waals surface area contributed by atoms with Crippen LogP contribution in [0.15, 0.2) is 24.3 Å². The van der Waals surface area contributed by atoms with E-state index in [1.54, 1.807) is 24.3 Å². The Kier molecular flexibility index (Phi) is 5.63. The smallest absolute Gasteiger partial charge is 0.203 e. The minimum atomic E-state index is -0.762. The first kappa shape index (κ1) is 17.6. The van der Waals surface area contributed by atoms with Crippen molar-refractivity contribution >= 4 is 12.2 Å². The quantitative estimate of drug-likeness (QED) is 0.742. The van der Waals surface area contributed by atoms with Gasteiger partial charge in [-0.3, -0.25) is 0 Å². The van der Waals surface area contributed by atoms with Gasteiger partial charge >= 0.3 is 0 Å². The summed E-state index contributed by atoms with van der Waals surface area (Å²) in [5.74, 6) is -0.477.